The zero-order valence-corrected chi connectivity index (χ0v) is 39.9. The number of sulfonamides is 1. The van der Waals surface area contributed by atoms with Crippen molar-refractivity contribution in [2.24, 2.45) is 11.3 Å². The SMILES string of the molecule is CC(C)c1ccccc1[C@@H]1CC[C@@H](CO)N1C1CC2(CCN(c3ccc(C(=O)NS(=O)(=O)c4cc5c(c([N+](=O)[O-])c4)N[C@@H]([C@H]4CC[C@](C)(O)CC4)CO5)c(Oc4cnc5[nH]cc(F)c5c4)c3)CC2)C1. The number of carbonyl (C=O) groups excluding carboxylic acids is 1. The average molecular weight is 966 g/mol. The van der Waals surface area contributed by atoms with Crippen LogP contribution in [0.2, 0.25) is 0 Å². The molecule has 18 heteroatoms. The number of piperidine rings is 1. The van der Waals surface area contributed by atoms with Crippen LogP contribution < -0.4 is 24.4 Å². The fraction of sp³-hybridized carbons (Fsp3) is 0.490. The largest absolute Gasteiger partial charge is 0.489 e. The molecule has 366 valence electrons. The smallest absolute Gasteiger partial charge is 0.297 e. The number of rotatable bonds is 12. The van der Waals surface area contributed by atoms with Crippen molar-refractivity contribution >= 4 is 44.0 Å². The lowest BCUT2D eigenvalue weighted by Gasteiger charge is -2.57. The number of H-pyrrole nitrogens is 1. The number of hydrogen-bond donors (Lipinski definition) is 5. The molecule has 16 nitrogen and oxygen atoms in total. The topological polar surface area (TPSA) is 212 Å². The van der Waals surface area contributed by atoms with Crippen molar-refractivity contribution in [3.8, 4) is 17.2 Å². The molecule has 2 aliphatic carbocycles. The summed E-state index contributed by atoms with van der Waals surface area (Å²) in [4.78, 5) is 37.1. The van der Waals surface area contributed by atoms with Gasteiger partial charge in [-0.25, -0.2) is 22.5 Å². The van der Waals surface area contributed by atoms with Gasteiger partial charge in [0.15, 0.2) is 11.4 Å². The molecule has 2 saturated heterocycles. The van der Waals surface area contributed by atoms with Crippen LogP contribution in [0.1, 0.15) is 118 Å². The summed E-state index contributed by atoms with van der Waals surface area (Å²) >= 11 is 0. The molecule has 4 fully saturated rings. The number of nitro benzene ring substituents is 1. The number of hydrogen-bond acceptors (Lipinski definition) is 13. The van der Waals surface area contributed by atoms with Crippen LogP contribution in [-0.2, 0) is 10.0 Å². The Morgan fingerprint density at radius 2 is 1.81 bits per heavy atom. The van der Waals surface area contributed by atoms with Crippen molar-refractivity contribution in [1.29, 1.82) is 0 Å². The third kappa shape index (κ3) is 9.12. The van der Waals surface area contributed by atoms with Crippen LogP contribution >= 0.6 is 0 Å². The number of pyridine rings is 1. The van der Waals surface area contributed by atoms with E-state index in [2.05, 4.69) is 67.9 Å². The number of fused-ring (bicyclic) bond motifs is 2. The summed E-state index contributed by atoms with van der Waals surface area (Å²) in [6.07, 6.45) is 11.1. The number of ether oxygens (including phenoxy) is 2. The van der Waals surface area contributed by atoms with Gasteiger partial charge in [0.05, 0.1) is 45.2 Å². The van der Waals surface area contributed by atoms with Gasteiger partial charge in [-0.2, -0.15) is 0 Å². The molecule has 5 N–H and O–H groups in total. The van der Waals surface area contributed by atoms with Crippen LogP contribution in [0.15, 0.2) is 78.0 Å². The molecule has 1 spiro atoms. The van der Waals surface area contributed by atoms with E-state index in [-0.39, 0.29) is 76.6 Å². The second-order valence-corrected chi connectivity index (χ2v) is 22.3. The first-order valence-electron chi connectivity index (χ1n) is 24.2. The van der Waals surface area contributed by atoms with E-state index < -0.39 is 42.9 Å². The van der Waals surface area contributed by atoms with E-state index in [0.717, 1.165) is 69.4 Å². The monoisotopic (exact) mass is 965 g/mol. The summed E-state index contributed by atoms with van der Waals surface area (Å²) in [5.41, 5.74) is 2.55. The molecule has 0 bridgehead atoms. The molecule has 5 heterocycles. The number of aliphatic hydroxyl groups is 2. The van der Waals surface area contributed by atoms with E-state index in [4.69, 9.17) is 9.47 Å². The number of nitrogens with zero attached hydrogens (tertiary/aromatic N) is 4. The van der Waals surface area contributed by atoms with Crippen molar-refractivity contribution in [3.63, 3.8) is 0 Å². The van der Waals surface area contributed by atoms with E-state index in [1.807, 2.05) is 0 Å². The second kappa shape index (κ2) is 18.2. The molecular formula is C51H60FN7O9S. The van der Waals surface area contributed by atoms with Crippen LogP contribution in [-0.4, -0.2) is 94.4 Å². The quantitative estimate of drug-likeness (QED) is 0.0586. The van der Waals surface area contributed by atoms with Gasteiger partial charge >= 0.3 is 0 Å². The fourth-order valence-electron chi connectivity index (χ4n) is 11.9. The maximum absolute atomic E-state index is 14.7. The minimum atomic E-state index is -4.73. The minimum absolute atomic E-state index is 0.00249. The van der Waals surface area contributed by atoms with Crippen molar-refractivity contribution in [3.05, 3.63) is 106 Å². The van der Waals surface area contributed by atoms with Gasteiger partial charge in [-0.15, -0.1) is 0 Å². The number of nitrogens with one attached hydrogen (secondary N) is 3. The summed E-state index contributed by atoms with van der Waals surface area (Å²) in [7, 11) is -4.73. The Kier molecular flexibility index (Phi) is 12.3. The molecule has 3 aromatic carbocycles. The number of benzene rings is 3. The Bertz CT molecular complexity index is 2880. The van der Waals surface area contributed by atoms with Gasteiger partial charge in [-0.3, -0.25) is 19.8 Å². The third-order valence-corrected chi connectivity index (χ3v) is 17.1. The van der Waals surface area contributed by atoms with Gasteiger partial charge in [0.25, 0.3) is 21.6 Å². The highest BCUT2D eigenvalue weighted by atomic mass is 32.2. The lowest BCUT2D eigenvalue weighted by atomic mass is 9.59. The van der Waals surface area contributed by atoms with Crippen LogP contribution in [0.3, 0.4) is 0 Å². The van der Waals surface area contributed by atoms with E-state index in [1.54, 1.807) is 19.1 Å². The van der Waals surface area contributed by atoms with E-state index in [1.165, 1.54) is 35.7 Å². The first-order chi connectivity index (χ1) is 33.0. The first kappa shape index (κ1) is 46.9. The Balaban J connectivity index is 0.868. The van der Waals surface area contributed by atoms with Gasteiger partial charge in [-0.05, 0) is 118 Å². The molecule has 10 rings (SSSR count). The van der Waals surface area contributed by atoms with Crippen LogP contribution in [0.5, 0.6) is 17.2 Å². The number of aromatic nitrogens is 2. The summed E-state index contributed by atoms with van der Waals surface area (Å²) in [5.74, 6) is -1.05. The van der Waals surface area contributed by atoms with Crippen molar-refractivity contribution in [1.82, 2.24) is 19.6 Å². The van der Waals surface area contributed by atoms with Crippen molar-refractivity contribution in [2.45, 2.75) is 126 Å². The lowest BCUT2D eigenvalue weighted by Crippen LogP contribution is -2.57. The summed E-state index contributed by atoms with van der Waals surface area (Å²) < 4.78 is 57.0. The first-order valence-corrected chi connectivity index (χ1v) is 25.7. The van der Waals surface area contributed by atoms with E-state index >= 15 is 0 Å². The number of likely N-dealkylation sites (tertiary alicyclic amines) is 1. The fourth-order valence-corrected chi connectivity index (χ4v) is 12.9. The molecule has 1 amide bonds. The molecule has 2 saturated carbocycles. The lowest BCUT2D eigenvalue weighted by molar-refractivity contribution is -0.384. The number of anilines is 2. The van der Waals surface area contributed by atoms with Gasteiger partial charge < -0.3 is 34.9 Å². The maximum atomic E-state index is 14.7. The predicted molar refractivity (Wildman–Crippen MR) is 258 cm³/mol. The molecule has 69 heavy (non-hydrogen) atoms. The summed E-state index contributed by atoms with van der Waals surface area (Å²) in [5, 5.41) is 36.7. The molecular weight excluding hydrogens is 906 g/mol. The van der Waals surface area contributed by atoms with Crippen molar-refractivity contribution in [2.75, 3.05) is 36.5 Å². The number of nitro groups is 1. The molecule has 0 unspecified atom stereocenters. The molecule has 3 atom stereocenters. The third-order valence-electron chi connectivity index (χ3n) is 15.8. The zero-order valence-electron chi connectivity index (χ0n) is 39.1. The number of halogens is 1. The van der Waals surface area contributed by atoms with E-state index in [9.17, 15) is 37.9 Å². The molecule has 3 aliphatic heterocycles. The molecule has 0 radical (unpaired) electrons. The summed E-state index contributed by atoms with van der Waals surface area (Å²) in [6.45, 7) is 8.00. The Labute approximate surface area is 400 Å². The van der Waals surface area contributed by atoms with Gasteiger partial charge in [0, 0.05) is 61.3 Å². The minimum Gasteiger partial charge on any atom is -0.489 e. The van der Waals surface area contributed by atoms with Crippen LogP contribution in [0.4, 0.5) is 21.5 Å². The van der Waals surface area contributed by atoms with Crippen molar-refractivity contribution < 1.29 is 42.2 Å². The number of aromatic amines is 1. The molecule has 5 aliphatic rings. The number of carbonyl (C=O) groups is 1. The van der Waals surface area contributed by atoms with Crippen LogP contribution in [0.25, 0.3) is 11.0 Å². The Morgan fingerprint density at radius 3 is 2.54 bits per heavy atom. The molecule has 5 aromatic rings. The number of aliphatic hydroxyl groups excluding tert-OH is 1. The number of amides is 1. The molecule has 2 aromatic heterocycles. The standard InChI is InChI=1S/C51H60FN7O9S/c1-30(2)37-6-4-5-7-38(37)43-11-9-33(28-60)58(43)34-24-51(25-34)16-18-57(19-17-51)32-8-10-39(45(20-32)68-35-21-40-41(52)27-54-48(40)53-26-35)49(61)56-69(65,66)36-22-44(59(63)64)47-46(23-36)67-29-42(55-47)31-12-14-50(3,62)15-13-31/h4-8,10,20-23,26-27,30-31,33-34,42-43,55,60,62H,9,11-19,24-25,28-29H2,1-3H3,(H,53,54)(H,56,61)/t31-,33-,42+,43-,50-/m0/s1. The van der Waals surface area contributed by atoms with E-state index in [0.29, 0.717) is 43.3 Å². The maximum Gasteiger partial charge on any atom is 0.297 e. The predicted octanol–water partition coefficient (Wildman–Crippen LogP) is 8.71. The van der Waals surface area contributed by atoms with Gasteiger partial charge in [0.2, 0.25) is 0 Å². The second-order valence-electron chi connectivity index (χ2n) is 20.6. The zero-order chi connectivity index (χ0) is 48.4. The Hall–Kier alpha value is -5.82. The normalized spacial score (nSPS) is 24.9. The van der Waals surface area contributed by atoms with Gasteiger partial charge in [-0.1, -0.05) is 38.1 Å². The Morgan fingerprint density at radius 1 is 1.06 bits per heavy atom. The highest BCUT2D eigenvalue weighted by molar-refractivity contribution is 7.90. The highest BCUT2D eigenvalue weighted by Crippen LogP contribution is 2.55. The highest BCUT2D eigenvalue weighted by Gasteiger charge is 2.52. The average Bonchev–Trinajstić information content (AvgIpc) is 3.92. The summed E-state index contributed by atoms with van der Waals surface area (Å²) in [6, 6.07) is 17.6. The van der Waals surface area contributed by atoms with Gasteiger partial charge in [0.1, 0.15) is 29.6 Å². The van der Waals surface area contributed by atoms with Crippen LogP contribution in [0, 0.1) is 27.3 Å².